The molecule has 5 heteroatoms. The van der Waals surface area contributed by atoms with Crippen molar-refractivity contribution in [1.82, 2.24) is 4.57 Å². The van der Waals surface area contributed by atoms with Gasteiger partial charge in [0.25, 0.3) is 0 Å². The van der Waals surface area contributed by atoms with Crippen molar-refractivity contribution in [3.63, 3.8) is 0 Å². The molecule has 1 aromatic carbocycles. The van der Waals surface area contributed by atoms with Crippen LogP contribution in [0.3, 0.4) is 0 Å². The summed E-state index contributed by atoms with van der Waals surface area (Å²) < 4.78 is 41.8. The van der Waals surface area contributed by atoms with Crippen LogP contribution in [0, 0.1) is 24.4 Å². The van der Waals surface area contributed by atoms with Crippen LogP contribution in [0.15, 0.2) is 18.2 Å². The zero-order valence-electron chi connectivity index (χ0n) is 10.8. The molecule has 104 valence electrons. The number of hydrogen-bond acceptors (Lipinski definition) is 1. The van der Waals surface area contributed by atoms with Crippen molar-refractivity contribution in [1.29, 1.82) is 0 Å². The van der Waals surface area contributed by atoms with Crippen LogP contribution in [0.2, 0.25) is 0 Å². The predicted octanol–water partition coefficient (Wildman–Crippen LogP) is 3.72. The molecule has 1 heterocycles. The minimum absolute atomic E-state index is 0.0103. The monoisotopic (exact) mass is 279 g/mol. The number of halogens is 3. The first-order chi connectivity index (χ1) is 9.49. The highest BCUT2D eigenvalue weighted by Crippen LogP contribution is 2.29. The standard InChI is InChI=1S/C15H12F3NO/c1-8-5-9-13(3-2-4-15(9)20)19(8)14-7-11(17)10(16)6-12(14)18/h5-7H,2-4H2,1H3. The molecule has 1 aliphatic rings. The minimum atomic E-state index is -1.22. The number of benzene rings is 1. The van der Waals surface area contributed by atoms with E-state index in [-0.39, 0.29) is 11.5 Å². The Kier molecular flexibility index (Phi) is 2.92. The van der Waals surface area contributed by atoms with E-state index in [2.05, 4.69) is 0 Å². The van der Waals surface area contributed by atoms with Crippen LogP contribution in [-0.2, 0) is 6.42 Å². The van der Waals surface area contributed by atoms with Gasteiger partial charge in [-0.15, -0.1) is 0 Å². The lowest BCUT2D eigenvalue weighted by atomic mass is 9.96. The fourth-order valence-corrected chi connectivity index (χ4v) is 2.75. The topological polar surface area (TPSA) is 22.0 Å². The van der Waals surface area contributed by atoms with E-state index in [0.29, 0.717) is 42.3 Å². The molecule has 0 aliphatic heterocycles. The van der Waals surface area contributed by atoms with Gasteiger partial charge in [0.15, 0.2) is 17.4 Å². The van der Waals surface area contributed by atoms with Gasteiger partial charge in [-0.1, -0.05) is 0 Å². The summed E-state index contributed by atoms with van der Waals surface area (Å²) in [6, 6.07) is 3.04. The lowest BCUT2D eigenvalue weighted by molar-refractivity contribution is 0.0972. The summed E-state index contributed by atoms with van der Waals surface area (Å²) >= 11 is 0. The Morgan fingerprint density at radius 1 is 1.00 bits per heavy atom. The van der Waals surface area contributed by atoms with E-state index < -0.39 is 17.5 Å². The Morgan fingerprint density at radius 2 is 1.70 bits per heavy atom. The van der Waals surface area contributed by atoms with E-state index in [1.165, 1.54) is 4.57 Å². The van der Waals surface area contributed by atoms with Crippen molar-refractivity contribution >= 4 is 5.78 Å². The maximum Gasteiger partial charge on any atom is 0.164 e. The average molecular weight is 279 g/mol. The largest absolute Gasteiger partial charge is 0.315 e. The van der Waals surface area contributed by atoms with Crippen LogP contribution in [0.5, 0.6) is 0 Å². The van der Waals surface area contributed by atoms with Crippen LogP contribution in [0.1, 0.15) is 34.6 Å². The van der Waals surface area contributed by atoms with Crippen LogP contribution in [0.25, 0.3) is 5.69 Å². The van der Waals surface area contributed by atoms with E-state index in [1.54, 1.807) is 13.0 Å². The van der Waals surface area contributed by atoms with Gasteiger partial charge in [0.1, 0.15) is 5.82 Å². The Bertz CT molecular complexity index is 718. The normalized spacial score (nSPS) is 14.5. The zero-order chi connectivity index (χ0) is 14.4. The molecule has 0 N–H and O–H groups in total. The summed E-state index contributed by atoms with van der Waals surface area (Å²) in [5.41, 5.74) is 1.80. The molecule has 0 radical (unpaired) electrons. The van der Waals surface area contributed by atoms with Gasteiger partial charge >= 0.3 is 0 Å². The second kappa shape index (κ2) is 4.51. The quantitative estimate of drug-likeness (QED) is 0.729. The molecule has 2 aromatic rings. The van der Waals surface area contributed by atoms with Gasteiger partial charge in [-0.3, -0.25) is 4.79 Å². The van der Waals surface area contributed by atoms with E-state index >= 15 is 0 Å². The van der Waals surface area contributed by atoms with Crippen molar-refractivity contribution in [2.75, 3.05) is 0 Å². The summed E-state index contributed by atoms with van der Waals surface area (Å²) in [6.45, 7) is 1.71. The number of carbonyl (C=O) groups is 1. The molecule has 1 aliphatic carbocycles. The van der Waals surface area contributed by atoms with Gasteiger partial charge in [0, 0.05) is 35.5 Å². The van der Waals surface area contributed by atoms with Crippen molar-refractivity contribution in [2.24, 2.45) is 0 Å². The first-order valence-electron chi connectivity index (χ1n) is 6.38. The molecule has 0 amide bonds. The highest BCUT2D eigenvalue weighted by molar-refractivity contribution is 5.98. The molecule has 0 saturated carbocycles. The lowest BCUT2D eigenvalue weighted by Gasteiger charge is -2.16. The highest BCUT2D eigenvalue weighted by Gasteiger charge is 2.25. The van der Waals surface area contributed by atoms with Gasteiger partial charge in [-0.25, -0.2) is 13.2 Å². The summed E-state index contributed by atoms with van der Waals surface area (Å²) in [6.07, 6.45) is 1.77. The van der Waals surface area contributed by atoms with E-state index in [9.17, 15) is 18.0 Å². The Hall–Kier alpha value is -2.04. The third kappa shape index (κ3) is 1.85. The van der Waals surface area contributed by atoms with Crippen molar-refractivity contribution in [3.05, 3.63) is 52.6 Å². The Labute approximate surface area is 113 Å². The first kappa shape index (κ1) is 13.0. The molecular formula is C15H12F3NO. The predicted molar refractivity (Wildman–Crippen MR) is 67.6 cm³/mol. The summed E-state index contributed by atoms with van der Waals surface area (Å²) in [7, 11) is 0. The summed E-state index contributed by atoms with van der Waals surface area (Å²) in [5, 5.41) is 0. The second-order valence-electron chi connectivity index (χ2n) is 4.98. The second-order valence-corrected chi connectivity index (χ2v) is 4.98. The summed E-state index contributed by atoms with van der Waals surface area (Å²) in [5.74, 6) is -3.16. The molecule has 1 aromatic heterocycles. The molecular weight excluding hydrogens is 267 g/mol. The maximum atomic E-state index is 13.9. The SMILES string of the molecule is Cc1cc2c(n1-c1cc(F)c(F)cc1F)CCCC2=O. The van der Waals surface area contributed by atoms with Gasteiger partial charge in [0.2, 0.25) is 0 Å². The average Bonchev–Trinajstić information content (AvgIpc) is 2.72. The number of hydrogen-bond donors (Lipinski definition) is 0. The molecule has 3 rings (SSSR count). The third-order valence-electron chi connectivity index (χ3n) is 3.64. The van der Waals surface area contributed by atoms with Crippen molar-refractivity contribution in [3.8, 4) is 5.69 Å². The fraction of sp³-hybridized carbons (Fsp3) is 0.267. The number of carbonyl (C=O) groups excluding carboxylic acids is 1. The third-order valence-corrected chi connectivity index (χ3v) is 3.64. The smallest absolute Gasteiger partial charge is 0.164 e. The van der Waals surface area contributed by atoms with Gasteiger partial charge in [0.05, 0.1) is 5.69 Å². The number of Topliss-reactive ketones (excluding diaryl/α,β-unsaturated/α-hetero) is 1. The van der Waals surface area contributed by atoms with E-state index in [4.69, 9.17) is 0 Å². The number of nitrogens with zero attached hydrogens (tertiary/aromatic N) is 1. The molecule has 20 heavy (non-hydrogen) atoms. The number of fused-ring (bicyclic) bond motifs is 1. The number of aromatic nitrogens is 1. The molecule has 0 bridgehead atoms. The fourth-order valence-electron chi connectivity index (χ4n) is 2.75. The molecule has 0 unspecified atom stereocenters. The van der Waals surface area contributed by atoms with Crippen molar-refractivity contribution in [2.45, 2.75) is 26.2 Å². The highest BCUT2D eigenvalue weighted by atomic mass is 19.2. The Balaban J connectivity index is 2.26. The molecule has 0 atom stereocenters. The van der Waals surface area contributed by atoms with Crippen LogP contribution in [0.4, 0.5) is 13.2 Å². The van der Waals surface area contributed by atoms with E-state index in [0.717, 1.165) is 6.07 Å². The van der Waals surface area contributed by atoms with Gasteiger partial charge < -0.3 is 4.57 Å². The minimum Gasteiger partial charge on any atom is -0.315 e. The maximum absolute atomic E-state index is 13.9. The molecule has 0 fully saturated rings. The first-order valence-corrected chi connectivity index (χ1v) is 6.38. The van der Waals surface area contributed by atoms with Crippen LogP contribution < -0.4 is 0 Å². The van der Waals surface area contributed by atoms with Gasteiger partial charge in [-0.2, -0.15) is 0 Å². The molecule has 0 spiro atoms. The zero-order valence-corrected chi connectivity index (χ0v) is 10.8. The lowest BCUT2D eigenvalue weighted by Crippen LogP contribution is -2.13. The number of rotatable bonds is 1. The van der Waals surface area contributed by atoms with Crippen LogP contribution in [-0.4, -0.2) is 10.4 Å². The summed E-state index contributed by atoms with van der Waals surface area (Å²) in [4.78, 5) is 11.8. The molecule has 2 nitrogen and oxygen atoms in total. The van der Waals surface area contributed by atoms with Gasteiger partial charge in [-0.05, 0) is 25.8 Å². The number of aryl methyl sites for hydroxylation is 1. The van der Waals surface area contributed by atoms with E-state index in [1.807, 2.05) is 0 Å². The molecule has 0 saturated heterocycles. The Morgan fingerprint density at radius 3 is 2.45 bits per heavy atom. The number of ketones is 1. The van der Waals surface area contributed by atoms with Crippen LogP contribution >= 0.6 is 0 Å². The van der Waals surface area contributed by atoms with Crippen molar-refractivity contribution < 1.29 is 18.0 Å².